The molecule has 0 aliphatic rings. The molecule has 0 fully saturated rings. The number of ketones is 1. The molecule has 5 nitrogen and oxygen atoms in total. The van der Waals surface area contributed by atoms with E-state index in [0.717, 1.165) is 11.3 Å². The maximum Gasteiger partial charge on any atom is 0.287 e. The van der Waals surface area contributed by atoms with Gasteiger partial charge >= 0.3 is 0 Å². The van der Waals surface area contributed by atoms with Crippen molar-refractivity contribution in [2.24, 2.45) is 0 Å². The Hall–Kier alpha value is -2.73. The van der Waals surface area contributed by atoms with Crippen molar-refractivity contribution in [1.29, 1.82) is 0 Å². The number of methoxy groups -OCH3 is 2. The van der Waals surface area contributed by atoms with Crippen LogP contribution in [-0.4, -0.2) is 25.0 Å². The van der Waals surface area contributed by atoms with E-state index in [2.05, 4.69) is 24.0 Å². The molecule has 1 aromatic heterocycles. The molecule has 0 radical (unpaired) electrons. The van der Waals surface area contributed by atoms with Crippen LogP contribution in [0.5, 0.6) is 11.5 Å². The Morgan fingerprint density at radius 1 is 1.04 bits per heavy atom. The van der Waals surface area contributed by atoms with Gasteiger partial charge in [-0.3, -0.25) is 4.79 Å². The summed E-state index contributed by atoms with van der Waals surface area (Å²) in [5.41, 5.74) is 3.69. The highest BCUT2D eigenvalue weighted by atomic mass is 79.9. The molecular formula is C21H21BrN2O3. The number of aryl methyl sites for hydroxylation is 1. The summed E-state index contributed by atoms with van der Waals surface area (Å²) in [6, 6.07) is 15.2. The van der Waals surface area contributed by atoms with Gasteiger partial charge in [0.05, 0.1) is 20.4 Å². The lowest BCUT2D eigenvalue weighted by Gasteiger charge is -2.08. The van der Waals surface area contributed by atoms with E-state index in [1.165, 1.54) is 5.56 Å². The first-order valence-electron chi connectivity index (χ1n) is 8.28. The summed E-state index contributed by atoms with van der Waals surface area (Å²) in [6.07, 6.45) is 3.54. The highest BCUT2D eigenvalue weighted by Gasteiger charge is 2.14. The van der Waals surface area contributed by atoms with Crippen molar-refractivity contribution in [2.75, 3.05) is 14.2 Å². The first-order chi connectivity index (χ1) is 12.6. The van der Waals surface area contributed by atoms with Crippen LogP contribution in [0.1, 0.15) is 15.9 Å². The molecule has 0 aliphatic carbocycles. The second-order valence-electron chi connectivity index (χ2n) is 5.98. The Bertz CT molecular complexity index is 927. The van der Waals surface area contributed by atoms with Gasteiger partial charge < -0.3 is 26.5 Å². The first kappa shape index (κ1) is 20.6. The molecule has 1 heterocycles. The van der Waals surface area contributed by atoms with E-state index < -0.39 is 0 Å². The van der Waals surface area contributed by atoms with E-state index in [1.54, 1.807) is 43.3 Å². The van der Waals surface area contributed by atoms with Crippen LogP contribution in [0.15, 0.2) is 61.1 Å². The molecule has 3 rings (SSSR count). The van der Waals surface area contributed by atoms with E-state index in [-0.39, 0.29) is 29.3 Å². The summed E-state index contributed by atoms with van der Waals surface area (Å²) in [5, 5.41) is 0. The third-order valence-corrected chi connectivity index (χ3v) is 4.11. The molecule has 6 heteroatoms. The van der Waals surface area contributed by atoms with Crippen molar-refractivity contribution < 1.29 is 35.8 Å². The van der Waals surface area contributed by atoms with Gasteiger partial charge in [0.15, 0.2) is 23.7 Å². The summed E-state index contributed by atoms with van der Waals surface area (Å²) in [7, 11) is 3.12. The largest absolute Gasteiger partial charge is 1.00 e. The molecule has 0 amide bonds. The van der Waals surface area contributed by atoms with Crippen LogP contribution in [0.25, 0.3) is 11.3 Å². The highest BCUT2D eigenvalue weighted by Crippen LogP contribution is 2.27. The monoisotopic (exact) mass is 428 g/mol. The predicted molar refractivity (Wildman–Crippen MR) is 98.5 cm³/mol. The number of aromatic nitrogens is 2. The maximum atomic E-state index is 12.5. The quantitative estimate of drug-likeness (QED) is 0.417. The Balaban J connectivity index is 0.00000261. The predicted octanol–water partition coefficient (Wildman–Crippen LogP) is 0.249. The number of Topliss-reactive ketones (excluding diaryl/α,β-unsaturated/α-hetero) is 1. The third kappa shape index (κ3) is 4.92. The molecule has 27 heavy (non-hydrogen) atoms. The summed E-state index contributed by atoms with van der Waals surface area (Å²) in [5.74, 6) is 1.11. The number of hydrogen-bond donors (Lipinski definition) is 0. The fraction of sp³-hybridized carbons (Fsp3) is 0.190. The Kier molecular flexibility index (Phi) is 7.07. The Labute approximate surface area is 169 Å². The molecule has 0 spiro atoms. The molecule has 0 saturated heterocycles. The van der Waals surface area contributed by atoms with Gasteiger partial charge in [-0.2, -0.15) is 0 Å². The molecule has 3 aromatic rings. The minimum Gasteiger partial charge on any atom is -1.00 e. The van der Waals surface area contributed by atoms with Crippen LogP contribution in [-0.2, 0) is 6.54 Å². The Morgan fingerprint density at radius 3 is 2.44 bits per heavy atom. The number of nitrogens with zero attached hydrogens (tertiary/aromatic N) is 2. The molecule has 0 N–H and O–H groups in total. The van der Waals surface area contributed by atoms with Crippen molar-refractivity contribution >= 4 is 5.78 Å². The van der Waals surface area contributed by atoms with Crippen molar-refractivity contribution in [3.05, 3.63) is 72.2 Å². The van der Waals surface area contributed by atoms with Crippen molar-refractivity contribution in [2.45, 2.75) is 13.5 Å². The van der Waals surface area contributed by atoms with Crippen LogP contribution in [0.3, 0.4) is 0 Å². The smallest absolute Gasteiger partial charge is 0.287 e. The number of carbonyl (C=O) groups is 1. The molecule has 140 valence electrons. The van der Waals surface area contributed by atoms with Crippen LogP contribution in [0.4, 0.5) is 0 Å². The maximum absolute atomic E-state index is 12.5. The lowest BCUT2D eigenvalue weighted by molar-refractivity contribution is -0.686. The fourth-order valence-corrected chi connectivity index (χ4v) is 2.72. The van der Waals surface area contributed by atoms with E-state index >= 15 is 0 Å². The number of benzene rings is 2. The SMILES string of the molecule is COc1ccc(C(=O)C[n+]2ccc(-c3cccc(C)c3)nc2)cc1OC.[Br-]. The zero-order chi connectivity index (χ0) is 18.5. The number of ether oxygens (including phenoxy) is 2. The van der Waals surface area contributed by atoms with Gasteiger partial charge in [0.25, 0.3) is 6.33 Å². The van der Waals surface area contributed by atoms with Crippen LogP contribution in [0.2, 0.25) is 0 Å². The standard InChI is InChI=1S/C21H21N2O3.BrH/c1-15-5-4-6-16(11-15)18-9-10-23(14-22-18)13-19(24)17-7-8-20(25-2)21(12-17)26-3;/h4-12,14H,13H2,1-3H3;1H/q+1;/p-1. The molecular weight excluding hydrogens is 408 g/mol. The first-order valence-corrected chi connectivity index (χ1v) is 8.28. The summed E-state index contributed by atoms with van der Waals surface area (Å²) in [6.45, 7) is 2.25. The van der Waals surface area contributed by atoms with Gasteiger partial charge in [0.2, 0.25) is 5.78 Å². The summed E-state index contributed by atoms with van der Waals surface area (Å²) < 4.78 is 12.2. The van der Waals surface area contributed by atoms with Crippen molar-refractivity contribution in [1.82, 2.24) is 4.98 Å². The van der Waals surface area contributed by atoms with Crippen LogP contribution >= 0.6 is 0 Å². The topological polar surface area (TPSA) is 52.3 Å². The number of halogens is 1. The van der Waals surface area contributed by atoms with Crippen LogP contribution < -0.4 is 31.0 Å². The fourth-order valence-electron chi connectivity index (χ4n) is 2.72. The lowest BCUT2D eigenvalue weighted by Crippen LogP contribution is -3.00. The van der Waals surface area contributed by atoms with E-state index in [9.17, 15) is 4.79 Å². The van der Waals surface area contributed by atoms with Gasteiger partial charge in [-0.1, -0.05) is 23.8 Å². The minimum atomic E-state index is -0.0268. The molecule has 0 aliphatic heterocycles. The van der Waals surface area contributed by atoms with Gasteiger partial charge in [0.1, 0.15) is 0 Å². The molecule has 0 bridgehead atoms. The zero-order valence-corrected chi connectivity index (χ0v) is 17.1. The highest BCUT2D eigenvalue weighted by molar-refractivity contribution is 5.95. The second kappa shape index (κ2) is 9.28. The molecule has 0 saturated carbocycles. The third-order valence-electron chi connectivity index (χ3n) is 4.11. The van der Waals surface area contributed by atoms with Gasteiger partial charge in [-0.05, 0) is 36.2 Å². The van der Waals surface area contributed by atoms with E-state index in [1.807, 2.05) is 24.4 Å². The normalized spacial score (nSPS) is 10.0. The number of rotatable bonds is 6. The molecule has 0 atom stereocenters. The second-order valence-corrected chi connectivity index (χ2v) is 5.98. The zero-order valence-electron chi connectivity index (χ0n) is 15.5. The number of carbonyl (C=O) groups excluding carboxylic acids is 1. The molecule has 2 aromatic carbocycles. The summed E-state index contributed by atoms with van der Waals surface area (Å²) >= 11 is 0. The van der Waals surface area contributed by atoms with Crippen LogP contribution in [0, 0.1) is 6.92 Å². The van der Waals surface area contributed by atoms with E-state index in [0.29, 0.717) is 17.1 Å². The van der Waals surface area contributed by atoms with Crippen molar-refractivity contribution in [3.8, 4) is 22.8 Å². The average molecular weight is 429 g/mol. The van der Waals surface area contributed by atoms with Gasteiger partial charge in [-0.25, -0.2) is 4.57 Å². The minimum absolute atomic E-state index is 0. The molecule has 0 unspecified atom stereocenters. The van der Waals surface area contributed by atoms with E-state index in [4.69, 9.17) is 9.47 Å². The van der Waals surface area contributed by atoms with Gasteiger partial charge in [0, 0.05) is 17.2 Å². The van der Waals surface area contributed by atoms with Gasteiger partial charge in [-0.15, -0.1) is 0 Å². The Morgan fingerprint density at radius 2 is 1.81 bits per heavy atom. The van der Waals surface area contributed by atoms with Crippen molar-refractivity contribution in [3.63, 3.8) is 0 Å². The average Bonchev–Trinajstić information content (AvgIpc) is 2.68. The number of hydrogen-bond acceptors (Lipinski definition) is 4. The lowest BCUT2D eigenvalue weighted by atomic mass is 10.1. The summed E-state index contributed by atoms with van der Waals surface area (Å²) in [4.78, 5) is 17.0.